The summed E-state index contributed by atoms with van der Waals surface area (Å²) in [5.41, 5.74) is -1.54. The normalized spacial score (nSPS) is 12.3. The molecule has 2 N–H and O–H groups in total. The zero-order valence-electron chi connectivity index (χ0n) is 16.1. The molecule has 1 heterocycles. The topological polar surface area (TPSA) is 124 Å². The minimum absolute atomic E-state index is 0.0720. The summed E-state index contributed by atoms with van der Waals surface area (Å²) in [6.45, 7) is 9.82. The van der Waals surface area contributed by atoms with E-state index in [-0.39, 0.29) is 16.4 Å². The predicted octanol–water partition coefficient (Wildman–Crippen LogP) is 3.27. The number of hydrogen-bond acceptors (Lipinski definition) is 8. The van der Waals surface area contributed by atoms with E-state index >= 15 is 0 Å². The number of aliphatic carboxylic acids is 1. The van der Waals surface area contributed by atoms with E-state index in [1.54, 1.807) is 41.5 Å². The van der Waals surface area contributed by atoms with E-state index in [2.05, 4.69) is 10.3 Å². The van der Waals surface area contributed by atoms with Crippen LogP contribution in [-0.2, 0) is 23.8 Å². The minimum Gasteiger partial charge on any atom is -0.489 e. The van der Waals surface area contributed by atoms with Crippen LogP contribution in [0.1, 0.15) is 47.2 Å². The number of hydrogen-bond donors (Lipinski definition) is 2. The van der Waals surface area contributed by atoms with Crippen LogP contribution >= 0.6 is 11.3 Å². The van der Waals surface area contributed by atoms with Crippen LogP contribution in [0.4, 0.5) is 9.93 Å². The number of aromatic nitrogens is 1. The molecule has 150 valence electrons. The summed E-state index contributed by atoms with van der Waals surface area (Å²) < 4.78 is 15.2. The molecule has 0 aliphatic carbocycles. The Kier molecular flexibility index (Phi) is 7.35. The standard InChI is InChI=1S/C17H24N2O7S/c1-16(2,3)25-12(20)8-24-7-10(13(21)22)11-9-27-14(18-11)19-15(23)26-17(4,5)6/h7,9H,8H2,1-6H3,(H,21,22)(H,18,19,23). The smallest absolute Gasteiger partial charge is 0.413 e. The summed E-state index contributed by atoms with van der Waals surface area (Å²) in [4.78, 5) is 38.7. The van der Waals surface area contributed by atoms with Gasteiger partial charge in [0.15, 0.2) is 11.7 Å². The van der Waals surface area contributed by atoms with Crippen LogP contribution in [0.2, 0.25) is 0 Å². The molecule has 0 saturated carbocycles. The Labute approximate surface area is 161 Å². The molecule has 0 spiro atoms. The van der Waals surface area contributed by atoms with Gasteiger partial charge in [0.05, 0.1) is 5.69 Å². The van der Waals surface area contributed by atoms with Crippen molar-refractivity contribution >= 4 is 40.1 Å². The number of carboxylic acids is 1. The van der Waals surface area contributed by atoms with E-state index in [4.69, 9.17) is 14.2 Å². The van der Waals surface area contributed by atoms with Gasteiger partial charge in [0.25, 0.3) is 0 Å². The van der Waals surface area contributed by atoms with Crippen LogP contribution in [0, 0.1) is 0 Å². The molecule has 0 fully saturated rings. The lowest BCUT2D eigenvalue weighted by Gasteiger charge is -2.19. The average Bonchev–Trinajstić information content (AvgIpc) is 2.86. The second-order valence-electron chi connectivity index (χ2n) is 7.40. The fourth-order valence-corrected chi connectivity index (χ4v) is 2.33. The van der Waals surface area contributed by atoms with Crippen molar-refractivity contribution in [2.75, 3.05) is 11.9 Å². The van der Waals surface area contributed by atoms with Crippen LogP contribution in [0.15, 0.2) is 11.6 Å². The summed E-state index contributed by atoms with van der Waals surface area (Å²) in [7, 11) is 0. The lowest BCUT2D eigenvalue weighted by Crippen LogP contribution is -2.27. The van der Waals surface area contributed by atoms with Gasteiger partial charge in [-0.1, -0.05) is 0 Å². The van der Waals surface area contributed by atoms with Crippen molar-refractivity contribution < 1.29 is 33.7 Å². The van der Waals surface area contributed by atoms with Gasteiger partial charge in [-0.15, -0.1) is 11.3 Å². The molecular weight excluding hydrogens is 376 g/mol. The van der Waals surface area contributed by atoms with Crippen molar-refractivity contribution in [3.8, 4) is 0 Å². The summed E-state index contributed by atoms with van der Waals surface area (Å²) >= 11 is 1.02. The number of nitrogens with one attached hydrogen (secondary N) is 1. The number of carboxylic acid groups (broad SMARTS) is 1. The molecule has 1 rings (SSSR count). The third-order valence-corrected chi connectivity index (χ3v) is 3.20. The van der Waals surface area contributed by atoms with E-state index in [0.717, 1.165) is 17.6 Å². The molecule has 0 bridgehead atoms. The molecule has 1 amide bonds. The maximum atomic E-state index is 11.7. The van der Waals surface area contributed by atoms with E-state index < -0.39 is 35.8 Å². The highest BCUT2D eigenvalue weighted by Gasteiger charge is 2.20. The average molecular weight is 400 g/mol. The maximum absolute atomic E-state index is 11.7. The van der Waals surface area contributed by atoms with Crippen LogP contribution in [0.25, 0.3) is 5.57 Å². The van der Waals surface area contributed by atoms with Gasteiger partial charge >= 0.3 is 18.0 Å². The van der Waals surface area contributed by atoms with E-state index in [1.807, 2.05) is 0 Å². The number of ether oxygens (including phenoxy) is 3. The SMILES string of the molecule is CC(C)(C)OC(=O)COC=C(C(=O)O)c1csc(NC(=O)OC(C)(C)C)n1. The molecule has 0 atom stereocenters. The number of esters is 1. The van der Waals surface area contributed by atoms with Gasteiger partial charge < -0.3 is 19.3 Å². The number of amides is 1. The first-order valence-electron chi connectivity index (χ1n) is 7.99. The summed E-state index contributed by atoms with van der Waals surface area (Å²) in [6.07, 6.45) is 0.212. The van der Waals surface area contributed by atoms with Gasteiger partial charge in [0, 0.05) is 5.38 Å². The number of nitrogens with zero attached hydrogens (tertiary/aromatic N) is 1. The number of carbonyl (C=O) groups excluding carboxylic acids is 2. The Morgan fingerprint density at radius 2 is 1.74 bits per heavy atom. The molecule has 1 aromatic rings. The highest BCUT2D eigenvalue weighted by atomic mass is 32.1. The molecule has 27 heavy (non-hydrogen) atoms. The molecule has 0 saturated heterocycles. The van der Waals surface area contributed by atoms with Crippen LogP contribution < -0.4 is 5.32 Å². The molecule has 9 nitrogen and oxygen atoms in total. The molecule has 1 aromatic heterocycles. The van der Waals surface area contributed by atoms with Gasteiger partial charge in [0.2, 0.25) is 0 Å². The highest BCUT2D eigenvalue weighted by Crippen LogP contribution is 2.23. The Morgan fingerprint density at radius 3 is 2.26 bits per heavy atom. The predicted molar refractivity (Wildman–Crippen MR) is 99.4 cm³/mol. The summed E-state index contributed by atoms with van der Waals surface area (Å²) in [5.74, 6) is -1.93. The second-order valence-corrected chi connectivity index (χ2v) is 8.26. The Bertz CT molecular complexity index is 726. The zero-order valence-corrected chi connectivity index (χ0v) is 16.9. The van der Waals surface area contributed by atoms with Gasteiger partial charge in [-0.05, 0) is 41.5 Å². The Balaban J connectivity index is 2.76. The fourth-order valence-electron chi connectivity index (χ4n) is 1.63. The lowest BCUT2D eigenvalue weighted by molar-refractivity contribution is -0.158. The zero-order chi connectivity index (χ0) is 20.8. The van der Waals surface area contributed by atoms with Crippen molar-refractivity contribution in [1.82, 2.24) is 4.98 Å². The molecule has 0 radical (unpaired) electrons. The lowest BCUT2D eigenvalue weighted by atomic mass is 10.2. The molecule has 10 heteroatoms. The van der Waals surface area contributed by atoms with Gasteiger partial charge in [-0.3, -0.25) is 5.32 Å². The van der Waals surface area contributed by atoms with Crippen molar-refractivity contribution in [3.05, 3.63) is 17.3 Å². The van der Waals surface area contributed by atoms with Crippen molar-refractivity contribution in [1.29, 1.82) is 0 Å². The van der Waals surface area contributed by atoms with E-state index in [0.29, 0.717) is 0 Å². The van der Waals surface area contributed by atoms with Crippen LogP contribution in [0.3, 0.4) is 0 Å². The number of anilines is 1. The Hall–Kier alpha value is -2.62. The van der Waals surface area contributed by atoms with Gasteiger partial charge in [0.1, 0.15) is 23.0 Å². The van der Waals surface area contributed by atoms with E-state index in [1.165, 1.54) is 5.38 Å². The van der Waals surface area contributed by atoms with Gasteiger partial charge in [-0.25, -0.2) is 19.4 Å². The van der Waals surface area contributed by atoms with Crippen molar-refractivity contribution in [3.63, 3.8) is 0 Å². The third kappa shape index (κ3) is 9.04. The quantitative estimate of drug-likeness (QED) is 0.423. The monoisotopic (exact) mass is 400 g/mol. The highest BCUT2D eigenvalue weighted by molar-refractivity contribution is 7.14. The van der Waals surface area contributed by atoms with Crippen LogP contribution in [0.5, 0.6) is 0 Å². The van der Waals surface area contributed by atoms with Crippen molar-refractivity contribution in [2.45, 2.75) is 52.7 Å². The number of thiazole rings is 1. The third-order valence-electron chi connectivity index (χ3n) is 2.44. The molecular formula is C17H24N2O7S. The van der Waals surface area contributed by atoms with Crippen LogP contribution in [-0.4, -0.2) is 45.9 Å². The molecule has 0 aliphatic rings. The first kappa shape index (κ1) is 22.4. The Morgan fingerprint density at radius 1 is 1.15 bits per heavy atom. The minimum atomic E-state index is -1.30. The van der Waals surface area contributed by atoms with Gasteiger partial charge in [-0.2, -0.15) is 0 Å². The second kappa shape index (κ2) is 8.85. The maximum Gasteiger partial charge on any atom is 0.413 e. The van der Waals surface area contributed by atoms with E-state index in [9.17, 15) is 19.5 Å². The largest absolute Gasteiger partial charge is 0.489 e. The summed E-state index contributed by atoms with van der Waals surface area (Å²) in [6, 6.07) is 0. The van der Waals surface area contributed by atoms with Crippen molar-refractivity contribution in [2.24, 2.45) is 0 Å². The summed E-state index contributed by atoms with van der Waals surface area (Å²) in [5, 5.41) is 13.3. The number of carbonyl (C=O) groups is 3. The fraction of sp³-hybridized carbons (Fsp3) is 0.529. The molecule has 0 aromatic carbocycles. The first-order chi connectivity index (χ1) is 12.3. The number of rotatable bonds is 6. The first-order valence-corrected chi connectivity index (χ1v) is 8.87. The molecule has 0 unspecified atom stereocenters. The molecule has 0 aliphatic heterocycles.